The van der Waals surface area contributed by atoms with E-state index >= 15 is 0 Å². The van der Waals surface area contributed by atoms with Crippen LogP contribution >= 0.6 is 0 Å². The number of carbonyl (C=O) groups is 2. The van der Waals surface area contributed by atoms with Gasteiger partial charge in [-0.2, -0.15) is 0 Å². The smallest absolute Gasteiger partial charge is 0.304 e. The molecule has 1 unspecified atom stereocenters. The fourth-order valence-corrected chi connectivity index (χ4v) is 0.837. The molecule has 0 aliphatic rings. The molecule has 92 valence electrons. The molecule has 1 amide bonds. The summed E-state index contributed by atoms with van der Waals surface area (Å²) in [5, 5.41) is 10.8. The van der Waals surface area contributed by atoms with Crippen molar-refractivity contribution in [3.8, 4) is 0 Å². The van der Waals surface area contributed by atoms with Crippen molar-refractivity contribution in [2.45, 2.75) is 47.5 Å². The van der Waals surface area contributed by atoms with Gasteiger partial charge in [0.05, 0.1) is 6.42 Å². The lowest BCUT2D eigenvalue weighted by Crippen LogP contribution is -2.28. The Morgan fingerprint density at radius 3 is 1.80 bits per heavy atom. The zero-order chi connectivity index (χ0) is 12.9. The topological polar surface area (TPSA) is 66.4 Å². The molecule has 2 N–H and O–H groups in total. The highest BCUT2D eigenvalue weighted by molar-refractivity contribution is 5.82. The SMILES string of the molecule is CC.CC.CCC(CC(=O)O)C(=O)NC. The predicted octanol–water partition coefficient (Wildman–Crippen LogP) is 2.29. The largest absolute Gasteiger partial charge is 0.481 e. The lowest BCUT2D eigenvalue weighted by atomic mass is 10.0. The van der Waals surface area contributed by atoms with Gasteiger partial charge in [0, 0.05) is 13.0 Å². The molecule has 4 heteroatoms. The van der Waals surface area contributed by atoms with E-state index in [4.69, 9.17) is 5.11 Å². The van der Waals surface area contributed by atoms with Crippen molar-refractivity contribution in [1.82, 2.24) is 5.32 Å². The number of rotatable bonds is 4. The van der Waals surface area contributed by atoms with Crippen molar-refractivity contribution in [2.75, 3.05) is 7.05 Å². The Bertz CT molecular complexity index is 158. The first-order valence-electron chi connectivity index (χ1n) is 5.55. The number of carboxylic acids is 1. The maximum absolute atomic E-state index is 10.9. The first-order chi connectivity index (χ1) is 7.11. The maximum Gasteiger partial charge on any atom is 0.304 e. The molecule has 0 saturated heterocycles. The van der Waals surface area contributed by atoms with Crippen molar-refractivity contribution in [3.63, 3.8) is 0 Å². The van der Waals surface area contributed by atoms with Crippen LogP contribution in [0.1, 0.15) is 47.5 Å². The van der Waals surface area contributed by atoms with Crippen LogP contribution in [0.25, 0.3) is 0 Å². The van der Waals surface area contributed by atoms with Crippen molar-refractivity contribution in [1.29, 1.82) is 0 Å². The fourth-order valence-electron chi connectivity index (χ4n) is 0.837. The Hall–Kier alpha value is -1.06. The van der Waals surface area contributed by atoms with Gasteiger partial charge in [-0.15, -0.1) is 0 Å². The summed E-state index contributed by atoms with van der Waals surface area (Å²) >= 11 is 0. The molecular formula is C11H25NO3. The van der Waals surface area contributed by atoms with Gasteiger partial charge in [0.15, 0.2) is 0 Å². The Balaban J connectivity index is -0.000000318. The van der Waals surface area contributed by atoms with Crippen molar-refractivity contribution < 1.29 is 14.7 Å². The van der Waals surface area contributed by atoms with Crippen LogP contribution in [-0.4, -0.2) is 24.0 Å². The third-order valence-electron chi connectivity index (χ3n) is 1.53. The second kappa shape index (κ2) is 15.4. The van der Waals surface area contributed by atoms with Crippen molar-refractivity contribution >= 4 is 11.9 Å². The molecular weight excluding hydrogens is 194 g/mol. The number of nitrogens with one attached hydrogen (secondary N) is 1. The van der Waals surface area contributed by atoms with Gasteiger partial charge in [0.2, 0.25) is 5.91 Å². The number of hydrogen-bond acceptors (Lipinski definition) is 2. The Kier molecular flexibility index (Phi) is 20.0. The molecule has 1 atom stereocenters. The molecule has 0 aliphatic heterocycles. The van der Waals surface area contributed by atoms with Crippen LogP contribution in [0.5, 0.6) is 0 Å². The average molecular weight is 219 g/mol. The van der Waals surface area contributed by atoms with Gasteiger partial charge in [-0.3, -0.25) is 9.59 Å². The molecule has 0 aromatic heterocycles. The molecule has 0 rings (SSSR count). The van der Waals surface area contributed by atoms with E-state index in [2.05, 4.69) is 5.32 Å². The molecule has 0 aromatic rings. The summed E-state index contributed by atoms with van der Waals surface area (Å²) in [7, 11) is 1.51. The standard InChI is InChI=1S/C7H13NO3.2C2H6/c1-3-5(4-6(9)10)7(11)8-2;2*1-2/h5H,3-4H2,1-2H3,(H,8,11)(H,9,10);2*1-2H3. The highest BCUT2D eigenvalue weighted by atomic mass is 16.4. The van der Waals surface area contributed by atoms with Gasteiger partial charge in [0.25, 0.3) is 0 Å². The number of carbonyl (C=O) groups excluding carboxylic acids is 1. The molecule has 0 fully saturated rings. The minimum absolute atomic E-state index is 0.0871. The van der Waals surface area contributed by atoms with Gasteiger partial charge in [-0.1, -0.05) is 34.6 Å². The number of carboxylic acid groups (broad SMARTS) is 1. The van der Waals surface area contributed by atoms with E-state index in [-0.39, 0.29) is 12.3 Å². The summed E-state index contributed by atoms with van der Waals surface area (Å²) in [5.41, 5.74) is 0. The molecule has 0 bridgehead atoms. The van der Waals surface area contributed by atoms with Gasteiger partial charge >= 0.3 is 5.97 Å². The van der Waals surface area contributed by atoms with E-state index in [9.17, 15) is 9.59 Å². The summed E-state index contributed by atoms with van der Waals surface area (Å²) in [6, 6.07) is 0. The monoisotopic (exact) mass is 219 g/mol. The quantitative estimate of drug-likeness (QED) is 0.762. The summed E-state index contributed by atoms with van der Waals surface area (Å²) < 4.78 is 0. The number of aliphatic carboxylic acids is 1. The van der Waals surface area contributed by atoms with E-state index in [0.717, 1.165) is 0 Å². The molecule has 0 aromatic carbocycles. The van der Waals surface area contributed by atoms with E-state index in [1.807, 2.05) is 27.7 Å². The van der Waals surface area contributed by atoms with Crippen LogP contribution in [0.3, 0.4) is 0 Å². The fraction of sp³-hybridized carbons (Fsp3) is 0.818. The summed E-state index contributed by atoms with van der Waals surface area (Å²) in [6.45, 7) is 9.79. The third kappa shape index (κ3) is 12.9. The van der Waals surface area contributed by atoms with Crippen LogP contribution < -0.4 is 5.32 Å². The van der Waals surface area contributed by atoms with E-state index in [0.29, 0.717) is 6.42 Å². The Morgan fingerprint density at radius 1 is 1.20 bits per heavy atom. The van der Waals surface area contributed by atoms with E-state index in [1.54, 1.807) is 6.92 Å². The second-order valence-electron chi connectivity index (χ2n) is 2.32. The highest BCUT2D eigenvalue weighted by Crippen LogP contribution is 2.07. The zero-order valence-electron chi connectivity index (χ0n) is 10.8. The second-order valence-corrected chi connectivity index (χ2v) is 2.32. The van der Waals surface area contributed by atoms with Gasteiger partial charge in [-0.05, 0) is 6.42 Å². The number of amides is 1. The van der Waals surface area contributed by atoms with E-state index in [1.165, 1.54) is 7.05 Å². The van der Waals surface area contributed by atoms with Crippen LogP contribution in [0, 0.1) is 5.92 Å². The van der Waals surface area contributed by atoms with Crippen molar-refractivity contribution in [2.24, 2.45) is 5.92 Å². The molecule has 0 aliphatic carbocycles. The molecule has 4 nitrogen and oxygen atoms in total. The zero-order valence-corrected chi connectivity index (χ0v) is 10.8. The average Bonchev–Trinajstić information content (AvgIpc) is 2.30. The van der Waals surface area contributed by atoms with Crippen LogP contribution in [-0.2, 0) is 9.59 Å². The number of hydrogen-bond donors (Lipinski definition) is 2. The molecule has 0 heterocycles. The highest BCUT2D eigenvalue weighted by Gasteiger charge is 2.17. The molecule has 15 heavy (non-hydrogen) atoms. The summed E-state index contributed by atoms with van der Waals surface area (Å²) in [4.78, 5) is 21.1. The Labute approximate surface area is 93.1 Å². The first-order valence-corrected chi connectivity index (χ1v) is 5.55. The van der Waals surface area contributed by atoms with Crippen LogP contribution in [0.15, 0.2) is 0 Å². The van der Waals surface area contributed by atoms with Gasteiger partial charge in [0.1, 0.15) is 0 Å². The molecule has 0 radical (unpaired) electrons. The molecule has 0 saturated carbocycles. The first kappa shape index (κ1) is 19.5. The van der Waals surface area contributed by atoms with Gasteiger partial charge in [-0.25, -0.2) is 0 Å². The lowest BCUT2D eigenvalue weighted by Gasteiger charge is -2.09. The molecule has 0 spiro atoms. The minimum Gasteiger partial charge on any atom is -0.481 e. The normalized spacial score (nSPS) is 9.73. The minimum atomic E-state index is -0.930. The maximum atomic E-state index is 10.9. The third-order valence-corrected chi connectivity index (χ3v) is 1.53. The summed E-state index contributed by atoms with van der Waals surface area (Å²) in [6.07, 6.45) is 0.474. The van der Waals surface area contributed by atoms with Crippen LogP contribution in [0.2, 0.25) is 0 Å². The van der Waals surface area contributed by atoms with Crippen LogP contribution in [0.4, 0.5) is 0 Å². The van der Waals surface area contributed by atoms with Crippen molar-refractivity contribution in [3.05, 3.63) is 0 Å². The Morgan fingerprint density at radius 2 is 1.60 bits per heavy atom. The predicted molar refractivity (Wildman–Crippen MR) is 62.8 cm³/mol. The lowest BCUT2D eigenvalue weighted by molar-refractivity contribution is -0.141. The van der Waals surface area contributed by atoms with Gasteiger partial charge < -0.3 is 10.4 Å². The summed E-state index contributed by atoms with van der Waals surface area (Å²) in [5.74, 6) is -1.52. The van der Waals surface area contributed by atoms with E-state index < -0.39 is 11.9 Å².